The van der Waals surface area contributed by atoms with Crippen LogP contribution in [0.15, 0.2) is 0 Å². The van der Waals surface area contributed by atoms with Gasteiger partial charge in [-0.1, -0.05) is 19.8 Å². The van der Waals surface area contributed by atoms with Crippen LogP contribution >= 0.6 is 0 Å². The van der Waals surface area contributed by atoms with Crippen LogP contribution in [0.4, 0.5) is 0 Å². The van der Waals surface area contributed by atoms with E-state index in [-0.39, 0.29) is 11.9 Å². The molecule has 1 amide bonds. The molecule has 2 aliphatic rings. The van der Waals surface area contributed by atoms with Crippen LogP contribution in [0.1, 0.15) is 45.4 Å². The molecule has 2 fully saturated rings. The smallest absolute Gasteiger partial charge is 0.239 e. The number of nitrogens with one attached hydrogen (secondary N) is 1. The van der Waals surface area contributed by atoms with E-state index >= 15 is 0 Å². The van der Waals surface area contributed by atoms with Crippen LogP contribution < -0.4 is 5.32 Å². The third-order valence-corrected chi connectivity index (χ3v) is 4.00. The first-order valence-electron chi connectivity index (χ1n) is 7.45. The number of nitrogens with zero attached hydrogens (tertiary/aromatic N) is 1. The Kier molecular flexibility index (Phi) is 5.45. The zero-order chi connectivity index (χ0) is 12.8. The fourth-order valence-electron chi connectivity index (χ4n) is 2.98. The van der Waals surface area contributed by atoms with Gasteiger partial charge >= 0.3 is 0 Å². The molecule has 1 unspecified atom stereocenters. The standard InChI is InChI=1S/C14H26N2O2/c1-2-15-13-8-5-9-16(14(13)17)10-11-18-12-6-3-4-7-12/h12-13,15H,2-11H2,1H3. The molecule has 1 saturated heterocycles. The Morgan fingerprint density at radius 1 is 1.28 bits per heavy atom. The molecule has 1 N–H and O–H groups in total. The average molecular weight is 254 g/mol. The third kappa shape index (κ3) is 3.69. The van der Waals surface area contributed by atoms with Crippen molar-refractivity contribution in [3.05, 3.63) is 0 Å². The van der Waals surface area contributed by atoms with Gasteiger partial charge in [0.2, 0.25) is 5.91 Å². The van der Waals surface area contributed by atoms with E-state index in [9.17, 15) is 4.79 Å². The van der Waals surface area contributed by atoms with Gasteiger partial charge in [-0.15, -0.1) is 0 Å². The van der Waals surface area contributed by atoms with Crippen molar-refractivity contribution in [1.82, 2.24) is 10.2 Å². The first kappa shape index (κ1) is 13.8. The minimum Gasteiger partial charge on any atom is -0.376 e. The van der Waals surface area contributed by atoms with Gasteiger partial charge < -0.3 is 15.0 Å². The molecular formula is C14H26N2O2. The molecule has 1 aliphatic heterocycles. The maximum absolute atomic E-state index is 12.2. The summed E-state index contributed by atoms with van der Waals surface area (Å²) in [6, 6.07) is 0.0373. The van der Waals surface area contributed by atoms with Crippen molar-refractivity contribution in [2.45, 2.75) is 57.6 Å². The second-order valence-electron chi connectivity index (χ2n) is 5.36. The number of hydrogen-bond donors (Lipinski definition) is 1. The predicted octanol–water partition coefficient (Wildman–Crippen LogP) is 1.55. The van der Waals surface area contributed by atoms with Gasteiger partial charge in [0.15, 0.2) is 0 Å². The molecule has 18 heavy (non-hydrogen) atoms. The van der Waals surface area contributed by atoms with Gasteiger partial charge in [0, 0.05) is 13.1 Å². The minimum absolute atomic E-state index is 0.0373. The molecule has 1 saturated carbocycles. The van der Waals surface area contributed by atoms with Gasteiger partial charge in [-0.25, -0.2) is 0 Å². The van der Waals surface area contributed by atoms with Gasteiger partial charge in [0.1, 0.15) is 0 Å². The van der Waals surface area contributed by atoms with Crippen molar-refractivity contribution in [3.63, 3.8) is 0 Å². The summed E-state index contributed by atoms with van der Waals surface area (Å²) < 4.78 is 5.83. The Balaban J connectivity index is 1.69. The molecule has 1 heterocycles. The summed E-state index contributed by atoms with van der Waals surface area (Å²) in [5, 5.41) is 3.26. The molecular weight excluding hydrogens is 228 g/mol. The first-order chi connectivity index (χ1) is 8.81. The average Bonchev–Trinajstić information content (AvgIpc) is 2.87. The molecule has 4 heteroatoms. The highest BCUT2D eigenvalue weighted by Gasteiger charge is 2.27. The van der Waals surface area contributed by atoms with E-state index < -0.39 is 0 Å². The molecule has 0 bridgehead atoms. The normalized spacial score (nSPS) is 25.9. The van der Waals surface area contributed by atoms with Gasteiger partial charge in [0.05, 0.1) is 18.8 Å². The maximum atomic E-state index is 12.2. The van der Waals surface area contributed by atoms with Crippen molar-refractivity contribution in [1.29, 1.82) is 0 Å². The van der Waals surface area contributed by atoms with Crippen LogP contribution in [0.2, 0.25) is 0 Å². The lowest BCUT2D eigenvalue weighted by atomic mass is 10.0. The highest BCUT2D eigenvalue weighted by atomic mass is 16.5. The number of likely N-dealkylation sites (tertiary alicyclic amines) is 1. The Hall–Kier alpha value is -0.610. The van der Waals surface area contributed by atoms with Crippen molar-refractivity contribution in [2.24, 2.45) is 0 Å². The molecule has 1 aliphatic carbocycles. The third-order valence-electron chi connectivity index (χ3n) is 4.00. The summed E-state index contributed by atoms with van der Waals surface area (Å²) in [5.74, 6) is 0.262. The van der Waals surface area contributed by atoms with Crippen molar-refractivity contribution >= 4 is 5.91 Å². The summed E-state index contributed by atoms with van der Waals surface area (Å²) in [6.07, 6.45) is 7.54. The quantitative estimate of drug-likeness (QED) is 0.782. The summed E-state index contributed by atoms with van der Waals surface area (Å²) in [7, 11) is 0. The minimum atomic E-state index is 0.0373. The van der Waals surface area contributed by atoms with Crippen LogP contribution in [0.3, 0.4) is 0 Å². The molecule has 0 aromatic rings. The summed E-state index contributed by atoms with van der Waals surface area (Å²) in [4.78, 5) is 14.1. The van der Waals surface area contributed by atoms with Crippen molar-refractivity contribution in [2.75, 3.05) is 26.2 Å². The van der Waals surface area contributed by atoms with Crippen LogP contribution in [-0.4, -0.2) is 49.2 Å². The van der Waals surface area contributed by atoms with Crippen molar-refractivity contribution < 1.29 is 9.53 Å². The lowest BCUT2D eigenvalue weighted by molar-refractivity contribution is -0.137. The topological polar surface area (TPSA) is 41.6 Å². The van der Waals surface area contributed by atoms with E-state index in [2.05, 4.69) is 12.2 Å². The largest absolute Gasteiger partial charge is 0.376 e. The molecule has 0 spiro atoms. The number of likely N-dealkylation sites (N-methyl/N-ethyl adjacent to an activating group) is 1. The fourth-order valence-corrected chi connectivity index (χ4v) is 2.98. The fraction of sp³-hybridized carbons (Fsp3) is 0.929. The van der Waals surface area contributed by atoms with Crippen LogP contribution in [0.5, 0.6) is 0 Å². The van der Waals surface area contributed by atoms with Gasteiger partial charge in [-0.2, -0.15) is 0 Å². The van der Waals surface area contributed by atoms with Crippen LogP contribution in [-0.2, 0) is 9.53 Å². The number of carbonyl (C=O) groups excluding carboxylic acids is 1. The van der Waals surface area contributed by atoms with Crippen molar-refractivity contribution in [3.8, 4) is 0 Å². The number of ether oxygens (including phenoxy) is 1. The predicted molar refractivity (Wildman–Crippen MR) is 71.5 cm³/mol. The number of amides is 1. The summed E-state index contributed by atoms with van der Waals surface area (Å²) in [6.45, 7) is 5.28. The number of carbonyl (C=O) groups is 1. The van der Waals surface area contributed by atoms with E-state index in [1.807, 2.05) is 4.90 Å². The zero-order valence-electron chi connectivity index (χ0n) is 11.5. The van der Waals surface area contributed by atoms with E-state index in [4.69, 9.17) is 4.74 Å². The van der Waals surface area contributed by atoms with E-state index in [0.29, 0.717) is 12.7 Å². The number of piperidine rings is 1. The number of hydrogen-bond acceptors (Lipinski definition) is 3. The Morgan fingerprint density at radius 3 is 2.78 bits per heavy atom. The Morgan fingerprint density at radius 2 is 2.06 bits per heavy atom. The van der Waals surface area contributed by atoms with Crippen LogP contribution in [0.25, 0.3) is 0 Å². The lowest BCUT2D eigenvalue weighted by Crippen LogP contribution is -2.51. The Labute approximate surface area is 110 Å². The molecule has 2 rings (SSSR count). The molecule has 0 aromatic carbocycles. The maximum Gasteiger partial charge on any atom is 0.239 e. The van der Waals surface area contributed by atoms with Crippen LogP contribution in [0, 0.1) is 0 Å². The molecule has 104 valence electrons. The molecule has 0 aromatic heterocycles. The monoisotopic (exact) mass is 254 g/mol. The second kappa shape index (κ2) is 7.10. The van der Waals surface area contributed by atoms with E-state index in [1.165, 1.54) is 25.7 Å². The van der Waals surface area contributed by atoms with Gasteiger partial charge in [-0.3, -0.25) is 4.79 Å². The number of rotatable bonds is 6. The van der Waals surface area contributed by atoms with Gasteiger partial charge in [0.25, 0.3) is 0 Å². The van der Waals surface area contributed by atoms with E-state index in [1.54, 1.807) is 0 Å². The second-order valence-corrected chi connectivity index (χ2v) is 5.36. The highest BCUT2D eigenvalue weighted by Crippen LogP contribution is 2.21. The summed E-state index contributed by atoms with van der Waals surface area (Å²) >= 11 is 0. The SMILES string of the molecule is CCNC1CCCN(CCOC2CCCC2)C1=O. The molecule has 0 radical (unpaired) electrons. The highest BCUT2D eigenvalue weighted by molar-refractivity contribution is 5.82. The zero-order valence-corrected chi connectivity index (χ0v) is 11.5. The molecule has 4 nitrogen and oxygen atoms in total. The summed E-state index contributed by atoms with van der Waals surface area (Å²) in [5.41, 5.74) is 0. The first-order valence-corrected chi connectivity index (χ1v) is 7.45. The lowest BCUT2D eigenvalue weighted by Gasteiger charge is -2.32. The Bertz CT molecular complexity index is 263. The molecule has 1 atom stereocenters. The van der Waals surface area contributed by atoms with Gasteiger partial charge in [-0.05, 0) is 32.2 Å². The van der Waals surface area contributed by atoms with E-state index in [0.717, 1.165) is 32.5 Å².